The molecule has 2 amide bonds. The number of ether oxygens (including phenoxy) is 1. The molecule has 0 fully saturated rings. The molecule has 0 spiro atoms. The minimum Gasteiger partial charge on any atom is -0.406 e. The summed E-state index contributed by atoms with van der Waals surface area (Å²) in [6.45, 7) is 3.33. The normalized spacial score (nSPS) is 14.7. The molecule has 0 aromatic heterocycles. The Morgan fingerprint density at radius 2 is 1.73 bits per heavy atom. The molecule has 0 saturated heterocycles. The Morgan fingerprint density at radius 1 is 1.03 bits per heavy atom. The second-order valence-corrected chi connectivity index (χ2v) is 7.49. The summed E-state index contributed by atoms with van der Waals surface area (Å²) in [7, 11) is 0. The molecule has 1 aliphatic rings. The van der Waals surface area contributed by atoms with Gasteiger partial charge >= 0.3 is 6.36 Å². The average Bonchev–Trinajstić information content (AvgIpc) is 2.84. The van der Waals surface area contributed by atoms with Gasteiger partial charge in [-0.05, 0) is 38.1 Å². The van der Waals surface area contributed by atoms with Gasteiger partial charge in [-0.1, -0.05) is 35.3 Å². The number of hydrogen-bond acceptors (Lipinski definition) is 4. The van der Waals surface area contributed by atoms with Gasteiger partial charge in [-0.15, -0.1) is 13.2 Å². The molecule has 5 nitrogen and oxygen atoms in total. The quantitative estimate of drug-likeness (QED) is 0.601. The fourth-order valence-electron chi connectivity index (χ4n) is 2.99. The highest BCUT2D eigenvalue weighted by Gasteiger charge is 2.41. The van der Waals surface area contributed by atoms with Crippen molar-refractivity contribution in [1.29, 1.82) is 0 Å². The Balaban J connectivity index is 2.08. The lowest BCUT2D eigenvalue weighted by molar-refractivity contribution is -0.274. The first kappa shape index (κ1) is 22.0. The van der Waals surface area contributed by atoms with Crippen molar-refractivity contribution < 1.29 is 27.5 Å². The number of carbonyl (C=O) groups is 2. The van der Waals surface area contributed by atoms with Gasteiger partial charge in [-0.2, -0.15) is 0 Å². The highest BCUT2D eigenvalue weighted by Crippen LogP contribution is 2.36. The van der Waals surface area contributed by atoms with E-state index < -0.39 is 30.0 Å². The molecule has 1 N–H and O–H groups in total. The van der Waals surface area contributed by atoms with E-state index in [2.05, 4.69) is 10.1 Å². The molecule has 30 heavy (non-hydrogen) atoms. The van der Waals surface area contributed by atoms with Crippen LogP contribution in [0.5, 0.6) is 5.75 Å². The smallest absolute Gasteiger partial charge is 0.406 e. The zero-order valence-corrected chi connectivity index (χ0v) is 17.2. The maximum absolute atomic E-state index is 13.0. The van der Waals surface area contributed by atoms with E-state index in [0.29, 0.717) is 5.02 Å². The number of amides is 2. The SMILES string of the molecule is CC(C)N1C(=O)C(Nc2cccc(OC(F)(F)F)c2)=C(c2ccc(Cl)cc2Cl)C1=O. The number of nitrogens with zero attached hydrogens (tertiary/aromatic N) is 1. The van der Waals surface area contributed by atoms with Crippen molar-refractivity contribution in [1.82, 2.24) is 4.90 Å². The monoisotopic (exact) mass is 458 g/mol. The Hall–Kier alpha value is -2.71. The molecule has 158 valence electrons. The Morgan fingerprint density at radius 3 is 2.33 bits per heavy atom. The predicted molar refractivity (Wildman–Crippen MR) is 107 cm³/mol. The van der Waals surface area contributed by atoms with E-state index in [0.717, 1.165) is 17.0 Å². The summed E-state index contributed by atoms with van der Waals surface area (Å²) in [4.78, 5) is 27.0. The lowest BCUT2D eigenvalue weighted by Gasteiger charge is -2.19. The van der Waals surface area contributed by atoms with E-state index >= 15 is 0 Å². The minimum atomic E-state index is -4.87. The summed E-state index contributed by atoms with van der Waals surface area (Å²) < 4.78 is 41.4. The standard InChI is InChI=1S/C20H15Cl2F3N2O3/c1-10(2)27-18(28)16(14-7-6-11(21)8-15(14)22)17(19(27)29)26-12-4-3-5-13(9-12)30-20(23,24)25/h3-10,26H,1-2H3. The van der Waals surface area contributed by atoms with E-state index in [1.54, 1.807) is 13.8 Å². The molecule has 0 atom stereocenters. The first-order chi connectivity index (χ1) is 14.0. The van der Waals surface area contributed by atoms with Gasteiger partial charge in [-0.3, -0.25) is 14.5 Å². The van der Waals surface area contributed by atoms with Gasteiger partial charge < -0.3 is 10.1 Å². The minimum absolute atomic E-state index is 0.00231. The summed E-state index contributed by atoms with van der Waals surface area (Å²) in [6, 6.07) is 8.93. The van der Waals surface area contributed by atoms with Crippen molar-refractivity contribution in [2.45, 2.75) is 26.3 Å². The highest BCUT2D eigenvalue weighted by molar-refractivity contribution is 6.41. The zero-order chi connectivity index (χ0) is 22.2. The van der Waals surface area contributed by atoms with Crippen molar-refractivity contribution in [3.63, 3.8) is 0 Å². The number of halogens is 5. The molecule has 1 heterocycles. The van der Waals surface area contributed by atoms with Crippen LogP contribution in [-0.4, -0.2) is 29.1 Å². The van der Waals surface area contributed by atoms with Gasteiger partial charge in [0, 0.05) is 28.4 Å². The molecule has 2 aromatic carbocycles. The number of rotatable bonds is 5. The lowest BCUT2D eigenvalue weighted by atomic mass is 10.0. The lowest BCUT2D eigenvalue weighted by Crippen LogP contribution is -2.38. The fraction of sp³-hybridized carbons (Fsp3) is 0.200. The van der Waals surface area contributed by atoms with Crippen LogP contribution in [0.25, 0.3) is 5.57 Å². The number of anilines is 1. The Bertz CT molecular complexity index is 1050. The fourth-order valence-corrected chi connectivity index (χ4v) is 3.49. The van der Waals surface area contributed by atoms with Crippen LogP contribution in [-0.2, 0) is 9.59 Å². The largest absolute Gasteiger partial charge is 0.573 e. The van der Waals surface area contributed by atoms with Gasteiger partial charge in [-0.25, -0.2) is 0 Å². The van der Waals surface area contributed by atoms with Gasteiger partial charge in [0.15, 0.2) is 0 Å². The summed E-state index contributed by atoms with van der Waals surface area (Å²) in [5.41, 5.74) is 0.286. The number of benzene rings is 2. The van der Waals surface area contributed by atoms with Crippen LogP contribution in [0.2, 0.25) is 10.0 Å². The molecule has 0 bridgehead atoms. The summed E-state index contributed by atoms with van der Waals surface area (Å²) in [6.07, 6.45) is -4.87. The predicted octanol–water partition coefficient (Wildman–Crippen LogP) is 5.49. The van der Waals surface area contributed by atoms with E-state index in [4.69, 9.17) is 23.2 Å². The number of carbonyl (C=O) groups excluding carboxylic acids is 2. The molecular weight excluding hydrogens is 444 g/mol. The van der Waals surface area contributed by atoms with Crippen LogP contribution in [0.4, 0.5) is 18.9 Å². The third-order valence-corrected chi connectivity index (χ3v) is 4.72. The first-order valence-corrected chi connectivity index (χ1v) is 9.44. The van der Waals surface area contributed by atoms with Gasteiger partial charge in [0.25, 0.3) is 11.8 Å². The number of nitrogens with one attached hydrogen (secondary N) is 1. The number of alkyl halides is 3. The van der Waals surface area contributed by atoms with Crippen LogP contribution in [0, 0.1) is 0 Å². The van der Waals surface area contributed by atoms with E-state index in [1.165, 1.54) is 30.3 Å². The molecule has 3 rings (SSSR count). The van der Waals surface area contributed by atoms with Crippen LogP contribution in [0.15, 0.2) is 48.2 Å². The van der Waals surface area contributed by atoms with Crippen LogP contribution < -0.4 is 10.1 Å². The van der Waals surface area contributed by atoms with Gasteiger partial charge in [0.1, 0.15) is 11.4 Å². The molecule has 0 radical (unpaired) electrons. The van der Waals surface area contributed by atoms with Crippen molar-refractivity contribution >= 4 is 46.3 Å². The molecule has 0 unspecified atom stereocenters. The second-order valence-electron chi connectivity index (χ2n) is 6.65. The topological polar surface area (TPSA) is 58.6 Å². The molecule has 0 saturated carbocycles. The number of hydrogen-bond donors (Lipinski definition) is 1. The van der Waals surface area contributed by atoms with Crippen molar-refractivity contribution in [2.75, 3.05) is 5.32 Å². The maximum atomic E-state index is 13.0. The Labute approximate surface area is 180 Å². The molecule has 2 aromatic rings. The van der Waals surface area contributed by atoms with E-state index in [-0.39, 0.29) is 27.5 Å². The second kappa shape index (κ2) is 8.20. The third-order valence-electron chi connectivity index (χ3n) is 4.17. The van der Waals surface area contributed by atoms with Crippen LogP contribution in [0.1, 0.15) is 19.4 Å². The van der Waals surface area contributed by atoms with Crippen LogP contribution in [0.3, 0.4) is 0 Å². The van der Waals surface area contributed by atoms with Gasteiger partial charge in [0.05, 0.1) is 10.6 Å². The first-order valence-electron chi connectivity index (χ1n) is 8.68. The zero-order valence-electron chi connectivity index (χ0n) is 15.7. The summed E-state index contributed by atoms with van der Waals surface area (Å²) in [5.74, 6) is -1.68. The third kappa shape index (κ3) is 4.55. The van der Waals surface area contributed by atoms with E-state index in [9.17, 15) is 22.8 Å². The summed E-state index contributed by atoms with van der Waals surface area (Å²) in [5, 5.41) is 3.24. The van der Waals surface area contributed by atoms with Crippen molar-refractivity contribution in [3.8, 4) is 5.75 Å². The van der Waals surface area contributed by atoms with Crippen LogP contribution >= 0.6 is 23.2 Å². The maximum Gasteiger partial charge on any atom is 0.573 e. The summed E-state index contributed by atoms with van der Waals surface area (Å²) >= 11 is 12.2. The number of imide groups is 1. The Kier molecular flexibility index (Phi) is 6.01. The van der Waals surface area contributed by atoms with Crippen molar-refractivity contribution in [2.24, 2.45) is 0 Å². The molecule has 1 aliphatic heterocycles. The van der Waals surface area contributed by atoms with Crippen molar-refractivity contribution in [3.05, 3.63) is 63.8 Å². The molecule has 0 aliphatic carbocycles. The van der Waals surface area contributed by atoms with Gasteiger partial charge in [0.2, 0.25) is 0 Å². The van der Waals surface area contributed by atoms with E-state index in [1.807, 2.05) is 0 Å². The average molecular weight is 459 g/mol. The molecular formula is C20H15Cl2F3N2O3. The highest BCUT2D eigenvalue weighted by atomic mass is 35.5. The molecule has 10 heteroatoms.